The molecule has 0 bridgehead atoms. The van der Waals surface area contributed by atoms with E-state index in [1.165, 1.54) is 6.07 Å². The smallest absolute Gasteiger partial charge is 0.307 e. The summed E-state index contributed by atoms with van der Waals surface area (Å²) in [6.45, 7) is 1.85. The number of benzene rings is 2. The Hall–Kier alpha value is -3.22. The third-order valence-corrected chi connectivity index (χ3v) is 7.46. The van der Waals surface area contributed by atoms with Crippen LogP contribution in [0.25, 0.3) is 11.1 Å². The Morgan fingerprint density at radius 3 is 2.37 bits per heavy atom. The molecule has 0 heterocycles. The average molecular weight is 559 g/mol. The van der Waals surface area contributed by atoms with Gasteiger partial charge in [0.05, 0.1) is 17.7 Å². The molecule has 0 aromatic heterocycles. The highest BCUT2D eigenvalue weighted by molar-refractivity contribution is 6.38. The SMILES string of the molecule is C[C@H](CC(=O)C[C@@H](CC(=O)O)C(=O)O)[C@@H](CC1=CC=CC(Cl)C(Cl)=C1)c1ccc(-c2ccccc2)c(F)c1. The third-order valence-electron chi connectivity index (χ3n) is 6.62. The zero-order chi connectivity index (χ0) is 27.8. The number of hydrogen-bond acceptors (Lipinski definition) is 3. The van der Waals surface area contributed by atoms with Crippen LogP contribution in [0.2, 0.25) is 0 Å². The lowest BCUT2D eigenvalue weighted by Crippen LogP contribution is -2.23. The molecule has 0 radical (unpaired) electrons. The van der Waals surface area contributed by atoms with E-state index in [0.29, 0.717) is 22.6 Å². The van der Waals surface area contributed by atoms with Crippen molar-refractivity contribution >= 4 is 40.9 Å². The number of rotatable bonds is 12. The predicted octanol–water partition coefficient (Wildman–Crippen LogP) is 7.35. The minimum atomic E-state index is -1.32. The standard InChI is InChI=1S/C30H29Cl2FO5/c1-18(12-23(34)15-22(30(37)38)17-29(35)36)25(13-19-6-5-9-26(31)27(32)14-19)21-10-11-24(28(33)16-21)20-7-3-2-4-8-20/h2-11,14,16,18,22,25-26H,12-13,15,17H2,1H3,(H,35,36)(H,37,38)/t18-,22+,25-,26?/m1/s1. The van der Waals surface area contributed by atoms with Gasteiger partial charge < -0.3 is 10.2 Å². The zero-order valence-electron chi connectivity index (χ0n) is 20.8. The molecule has 3 rings (SSSR count). The summed E-state index contributed by atoms with van der Waals surface area (Å²) in [5.74, 6) is -5.28. The van der Waals surface area contributed by atoms with E-state index in [2.05, 4.69) is 0 Å². The summed E-state index contributed by atoms with van der Waals surface area (Å²) in [6, 6.07) is 14.2. The van der Waals surface area contributed by atoms with E-state index in [-0.39, 0.29) is 30.5 Å². The second kappa shape index (κ2) is 13.5. The lowest BCUT2D eigenvalue weighted by molar-refractivity contribution is -0.149. The highest BCUT2D eigenvalue weighted by Gasteiger charge is 2.28. The number of allylic oxidation sites excluding steroid dienone is 6. The van der Waals surface area contributed by atoms with Gasteiger partial charge in [-0.3, -0.25) is 14.4 Å². The van der Waals surface area contributed by atoms with Crippen LogP contribution >= 0.6 is 23.2 Å². The molecule has 1 unspecified atom stereocenters. The van der Waals surface area contributed by atoms with Crippen molar-refractivity contribution < 1.29 is 29.0 Å². The van der Waals surface area contributed by atoms with Crippen molar-refractivity contribution in [3.8, 4) is 11.1 Å². The molecule has 0 saturated heterocycles. The number of aliphatic carboxylic acids is 2. The maximum atomic E-state index is 15.3. The Kier molecular flexibility index (Phi) is 10.5. The molecule has 2 N–H and O–H groups in total. The van der Waals surface area contributed by atoms with Gasteiger partial charge in [-0.2, -0.15) is 0 Å². The molecule has 8 heteroatoms. The Balaban J connectivity index is 1.90. The van der Waals surface area contributed by atoms with Crippen molar-refractivity contribution in [1.29, 1.82) is 0 Å². The molecule has 4 atom stereocenters. The molecule has 5 nitrogen and oxygen atoms in total. The van der Waals surface area contributed by atoms with Gasteiger partial charge in [-0.25, -0.2) is 4.39 Å². The molecule has 0 saturated carbocycles. The third kappa shape index (κ3) is 8.14. The van der Waals surface area contributed by atoms with E-state index in [1.54, 1.807) is 24.3 Å². The normalized spacial score (nSPS) is 17.5. The second-order valence-electron chi connectivity index (χ2n) is 9.53. The predicted molar refractivity (Wildman–Crippen MR) is 147 cm³/mol. The van der Waals surface area contributed by atoms with Gasteiger partial charge in [-0.1, -0.05) is 79.2 Å². The molecule has 200 valence electrons. The van der Waals surface area contributed by atoms with Crippen molar-refractivity contribution in [1.82, 2.24) is 0 Å². The van der Waals surface area contributed by atoms with E-state index < -0.39 is 35.5 Å². The summed E-state index contributed by atoms with van der Waals surface area (Å²) in [4.78, 5) is 35.3. The largest absolute Gasteiger partial charge is 0.481 e. The lowest BCUT2D eigenvalue weighted by atomic mass is 9.78. The molecule has 2 aromatic carbocycles. The number of hydrogen-bond donors (Lipinski definition) is 2. The molecular formula is C30H29Cl2FO5. The number of alkyl halides is 1. The minimum absolute atomic E-state index is 0.00875. The number of carboxylic acid groups (broad SMARTS) is 2. The maximum absolute atomic E-state index is 15.3. The first kappa shape index (κ1) is 29.3. The summed E-state index contributed by atoms with van der Waals surface area (Å²) in [7, 11) is 0. The van der Waals surface area contributed by atoms with Gasteiger partial charge in [0.1, 0.15) is 11.6 Å². The van der Waals surface area contributed by atoms with E-state index in [4.69, 9.17) is 28.3 Å². The van der Waals surface area contributed by atoms with Gasteiger partial charge in [-0.15, -0.1) is 11.6 Å². The van der Waals surface area contributed by atoms with Crippen molar-refractivity contribution in [2.24, 2.45) is 11.8 Å². The molecule has 2 aromatic rings. The summed E-state index contributed by atoms with van der Waals surface area (Å²) in [6.07, 6.45) is 6.61. The van der Waals surface area contributed by atoms with Crippen LogP contribution in [0.1, 0.15) is 44.1 Å². The summed E-state index contributed by atoms with van der Waals surface area (Å²) >= 11 is 12.5. The van der Waals surface area contributed by atoms with Crippen LogP contribution in [0.5, 0.6) is 0 Å². The van der Waals surface area contributed by atoms with E-state index >= 15 is 4.39 Å². The number of carboxylic acids is 2. The fourth-order valence-electron chi connectivity index (χ4n) is 4.63. The fraction of sp³-hybridized carbons (Fsp3) is 0.300. The maximum Gasteiger partial charge on any atom is 0.307 e. The first-order valence-electron chi connectivity index (χ1n) is 12.2. The molecule has 0 spiro atoms. The van der Waals surface area contributed by atoms with Crippen LogP contribution < -0.4 is 0 Å². The van der Waals surface area contributed by atoms with Crippen molar-refractivity contribution in [3.63, 3.8) is 0 Å². The molecule has 0 fully saturated rings. The number of halogens is 3. The number of carbonyl (C=O) groups is 3. The van der Waals surface area contributed by atoms with Gasteiger partial charge in [0.2, 0.25) is 0 Å². The van der Waals surface area contributed by atoms with Gasteiger partial charge in [-0.05, 0) is 47.1 Å². The number of Topliss-reactive ketones (excluding diaryl/α,β-unsaturated/α-hetero) is 1. The quantitative estimate of drug-likeness (QED) is 0.265. The average Bonchev–Trinajstić information content (AvgIpc) is 3.02. The van der Waals surface area contributed by atoms with Crippen LogP contribution in [0, 0.1) is 17.7 Å². The molecule has 1 aliphatic rings. The highest BCUT2D eigenvalue weighted by Crippen LogP contribution is 2.37. The Morgan fingerprint density at radius 2 is 1.74 bits per heavy atom. The summed E-state index contributed by atoms with van der Waals surface area (Å²) in [5.41, 5.74) is 2.73. The second-order valence-corrected chi connectivity index (χ2v) is 10.4. The highest BCUT2D eigenvalue weighted by atomic mass is 35.5. The van der Waals surface area contributed by atoms with Gasteiger partial charge >= 0.3 is 11.9 Å². The molecule has 1 aliphatic carbocycles. The van der Waals surface area contributed by atoms with E-state index in [9.17, 15) is 19.5 Å². The van der Waals surface area contributed by atoms with Crippen LogP contribution in [-0.4, -0.2) is 33.3 Å². The van der Waals surface area contributed by atoms with E-state index in [1.807, 2.05) is 49.4 Å². The Morgan fingerprint density at radius 1 is 1.03 bits per heavy atom. The first-order valence-corrected chi connectivity index (χ1v) is 13.1. The van der Waals surface area contributed by atoms with Crippen LogP contribution in [0.4, 0.5) is 4.39 Å². The van der Waals surface area contributed by atoms with Gasteiger partial charge in [0.15, 0.2) is 0 Å². The minimum Gasteiger partial charge on any atom is -0.481 e. The van der Waals surface area contributed by atoms with Crippen LogP contribution in [0.3, 0.4) is 0 Å². The topological polar surface area (TPSA) is 91.7 Å². The molecule has 38 heavy (non-hydrogen) atoms. The van der Waals surface area contributed by atoms with E-state index in [0.717, 1.165) is 11.1 Å². The van der Waals surface area contributed by atoms with Crippen molar-refractivity contribution in [2.45, 2.75) is 43.9 Å². The Bertz CT molecular complexity index is 1270. The molecular weight excluding hydrogens is 530 g/mol. The first-order chi connectivity index (χ1) is 18.0. The fourth-order valence-corrected chi connectivity index (χ4v) is 4.99. The van der Waals surface area contributed by atoms with Crippen molar-refractivity contribution in [3.05, 3.63) is 94.8 Å². The summed E-state index contributed by atoms with van der Waals surface area (Å²) in [5, 5.41) is 18.3. The summed E-state index contributed by atoms with van der Waals surface area (Å²) < 4.78 is 15.3. The molecule has 0 aliphatic heterocycles. The number of ketones is 1. The van der Waals surface area contributed by atoms with Gasteiger partial charge in [0.25, 0.3) is 0 Å². The van der Waals surface area contributed by atoms with Crippen molar-refractivity contribution in [2.75, 3.05) is 0 Å². The van der Waals surface area contributed by atoms with Crippen LogP contribution in [-0.2, 0) is 14.4 Å². The number of carbonyl (C=O) groups excluding carboxylic acids is 1. The van der Waals surface area contributed by atoms with Crippen LogP contribution in [0.15, 0.2) is 83.4 Å². The lowest BCUT2D eigenvalue weighted by Gasteiger charge is -2.26. The molecule has 0 amide bonds. The zero-order valence-corrected chi connectivity index (χ0v) is 22.3. The Labute approximate surface area is 231 Å². The monoisotopic (exact) mass is 558 g/mol. The van der Waals surface area contributed by atoms with Gasteiger partial charge in [0, 0.05) is 23.4 Å².